The number of hydrogen-bond donors (Lipinski definition) is 2. The Morgan fingerprint density at radius 2 is 1.47 bits per heavy atom. The van der Waals surface area contributed by atoms with Crippen LogP contribution >= 0.6 is 0 Å². The fraction of sp³-hybridized carbons (Fsp3) is 0.579. The maximum absolute atomic E-state index is 12.4. The monoisotopic (exact) mass is 503 g/mol. The van der Waals surface area contributed by atoms with Crippen LogP contribution in [0.4, 0.5) is 26.3 Å². The summed E-state index contributed by atoms with van der Waals surface area (Å²) < 4.78 is 69.1. The highest BCUT2D eigenvalue weighted by Crippen LogP contribution is 2.31. The van der Waals surface area contributed by atoms with Gasteiger partial charge in [-0.1, -0.05) is 6.07 Å². The standard InChI is InChI=1S/C15H21N3O2.2C2HF3O2/c1-17-10-11-20-12-15(17)5-8-18(9-6-15)14(19)13-4-2-3-7-16-13;2*3-2(4,5)1(6)7/h2-4,7H,5-6,8-12H2,1H3;2*(H,6,7). The summed E-state index contributed by atoms with van der Waals surface area (Å²) in [5.41, 5.74) is 0.663. The summed E-state index contributed by atoms with van der Waals surface area (Å²) in [5, 5.41) is 14.2. The molecule has 3 heterocycles. The molecule has 2 aliphatic rings. The van der Waals surface area contributed by atoms with E-state index in [1.165, 1.54) is 0 Å². The Hall–Kier alpha value is -2.94. The molecule has 2 fully saturated rings. The van der Waals surface area contributed by atoms with E-state index < -0.39 is 24.3 Å². The molecule has 1 amide bonds. The largest absolute Gasteiger partial charge is 0.490 e. The van der Waals surface area contributed by atoms with Gasteiger partial charge in [0.2, 0.25) is 0 Å². The summed E-state index contributed by atoms with van der Waals surface area (Å²) in [6.45, 7) is 4.14. The predicted molar refractivity (Wildman–Crippen MR) is 103 cm³/mol. The molecule has 0 radical (unpaired) electrons. The number of piperidine rings is 1. The molecule has 0 saturated carbocycles. The quantitative estimate of drug-likeness (QED) is 0.561. The van der Waals surface area contributed by atoms with Gasteiger partial charge < -0.3 is 19.8 Å². The molecule has 2 aliphatic heterocycles. The summed E-state index contributed by atoms with van der Waals surface area (Å²) in [7, 11) is 2.17. The van der Waals surface area contributed by atoms with Crippen LogP contribution < -0.4 is 0 Å². The first-order chi connectivity index (χ1) is 15.6. The minimum absolute atomic E-state index is 0.0415. The minimum Gasteiger partial charge on any atom is -0.475 e. The number of pyridine rings is 1. The molecule has 0 aromatic carbocycles. The maximum Gasteiger partial charge on any atom is 0.490 e. The zero-order chi connectivity index (χ0) is 26.2. The van der Waals surface area contributed by atoms with Gasteiger partial charge in [-0.15, -0.1) is 0 Å². The van der Waals surface area contributed by atoms with Gasteiger partial charge in [0.25, 0.3) is 5.91 Å². The van der Waals surface area contributed by atoms with Crippen molar-refractivity contribution >= 4 is 17.8 Å². The minimum atomic E-state index is -5.08. The third kappa shape index (κ3) is 8.78. The smallest absolute Gasteiger partial charge is 0.475 e. The number of alkyl halides is 6. The second-order valence-corrected chi connectivity index (χ2v) is 7.31. The van der Waals surface area contributed by atoms with E-state index in [-0.39, 0.29) is 11.4 Å². The Kier molecular flexibility index (Phi) is 10.2. The topological polar surface area (TPSA) is 120 Å². The number of carboxylic acid groups (broad SMARTS) is 2. The normalized spacial score (nSPS) is 18.1. The average Bonchev–Trinajstić information content (AvgIpc) is 2.76. The molecule has 2 saturated heterocycles. The molecule has 15 heteroatoms. The van der Waals surface area contributed by atoms with Crippen molar-refractivity contribution in [2.75, 3.05) is 39.9 Å². The highest BCUT2D eigenvalue weighted by Gasteiger charge is 2.41. The van der Waals surface area contributed by atoms with E-state index in [4.69, 9.17) is 24.5 Å². The summed E-state index contributed by atoms with van der Waals surface area (Å²) in [6.07, 6.45) is -6.55. The molecule has 0 aliphatic carbocycles. The van der Waals surface area contributed by atoms with Crippen molar-refractivity contribution in [2.45, 2.75) is 30.7 Å². The van der Waals surface area contributed by atoms with Gasteiger partial charge >= 0.3 is 24.3 Å². The fourth-order valence-corrected chi connectivity index (χ4v) is 3.11. The highest BCUT2D eigenvalue weighted by molar-refractivity contribution is 5.92. The number of carboxylic acids is 2. The van der Waals surface area contributed by atoms with Crippen LogP contribution in [0.2, 0.25) is 0 Å². The number of morpholine rings is 1. The van der Waals surface area contributed by atoms with Crippen LogP contribution in [0, 0.1) is 0 Å². The molecule has 1 aromatic heterocycles. The van der Waals surface area contributed by atoms with Crippen molar-refractivity contribution in [1.29, 1.82) is 0 Å². The van der Waals surface area contributed by atoms with E-state index >= 15 is 0 Å². The maximum atomic E-state index is 12.4. The molecule has 1 aromatic rings. The zero-order valence-corrected chi connectivity index (χ0v) is 17.9. The number of amides is 1. The van der Waals surface area contributed by atoms with Crippen LogP contribution in [-0.2, 0) is 14.3 Å². The van der Waals surface area contributed by atoms with Crippen LogP contribution in [0.1, 0.15) is 23.3 Å². The van der Waals surface area contributed by atoms with E-state index in [0.29, 0.717) is 5.69 Å². The third-order valence-corrected chi connectivity index (χ3v) is 5.10. The summed E-state index contributed by atoms with van der Waals surface area (Å²) >= 11 is 0. The Bertz CT molecular complexity index is 802. The van der Waals surface area contributed by atoms with Gasteiger partial charge in [-0.2, -0.15) is 26.3 Å². The number of halogens is 6. The van der Waals surface area contributed by atoms with Crippen LogP contribution in [0.3, 0.4) is 0 Å². The lowest BCUT2D eigenvalue weighted by Gasteiger charge is -2.49. The van der Waals surface area contributed by atoms with Crippen molar-refractivity contribution in [3.8, 4) is 0 Å². The summed E-state index contributed by atoms with van der Waals surface area (Å²) in [5.74, 6) is -5.47. The Morgan fingerprint density at radius 3 is 1.85 bits per heavy atom. The van der Waals surface area contributed by atoms with Gasteiger partial charge in [-0.3, -0.25) is 14.7 Å². The molecule has 3 rings (SSSR count). The number of likely N-dealkylation sites (N-methyl/N-ethyl adjacent to an activating group) is 1. The fourth-order valence-electron chi connectivity index (χ4n) is 3.11. The van der Waals surface area contributed by atoms with Crippen LogP contribution in [0.5, 0.6) is 0 Å². The van der Waals surface area contributed by atoms with Crippen molar-refractivity contribution < 1.29 is 55.7 Å². The lowest BCUT2D eigenvalue weighted by atomic mass is 9.85. The van der Waals surface area contributed by atoms with E-state index in [2.05, 4.69) is 16.9 Å². The molecule has 0 unspecified atom stereocenters. The zero-order valence-electron chi connectivity index (χ0n) is 17.9. The Balaban J connectivity index is 0.000000343. The first-order valence-corrected chi connectivity index (χ1v) is 9.70. The van der Waals surface area contributed by atoms with E-state index in [9.17, 15) is 31.1 Å². The summed E-state index contributed by atoms with van der Waals surface area (Å²) in [4.78, 5) is 38.6. The molecule has 192 valence electrons. The number of hydrogen-bond acceptors (Lipinski definition) is 6. The Labute approximate surface area is 189 Å². The van der Waals surface area contributed by atoms with Crippen LogP contribution in [-0.4, -0.2) is 101 Å². The van der Waals surface area contributed by atoms with E-state index in [1.807, 2.05) is 17.0 Å². The lowest BCUT2D eigenvalue weighted by molar-refractivity contribution is -0.193. The first-order valence-electron chi connectivity index (χ1n) is 9.70. The molecule has 34 heavy (non-hydrogen) atoms. The molecule has 0 atom stereocenters. The van der Waals surface area contributed by atoms with Crippen molar-refractivity contribution in [2.24, 2.45) is 0 Å². The SMILES string of the molecule is CN1CCOCC12CCN(C(=O)c1ccccn1)CC2.O=C(O)C(F)(F)F.O=C(O)C(F)(F)F. The number of nitrogens with zero attached hydrogens (tertiary/aromatic N) is 3. The lowest BCUT2D eigenvalue weighted by Crippen LogP contribution is -2.60. The number of likely N-dealkylation sites (tertiary alicyclic amines) is 1. The molecule has 0 bridgehead atoms. The number of aromatic nitrogens is 1. The third-order valence-electron chi connectivity index (χ3n) is 5.10. The van der Waals surface area contributed by atoms with Crippen molar-refractivity contribution in [1.82, 2.24) is 14.8 Å². The number of aliphatic carboxylic acids is 2. The van der Waals surface area contributed by atoms with E-state index in [0.717, 1.165) is 45.7 Å². The second-order valence-electron chi connectivity index (χ2n) is 7.31. The van der Waals surface area contributed by atoms with Gasteiger partial charge in [0.15, 0.2) is 0 Å². The van der Waals surface area contributed by atoms with Gasteiger partial charge in [0, 0.05) is 31.4 Å². The number of ether oxygens (including phenoxy) is 1. The van der Waals surface area contributed by atoms with Crippen LogP contribution in [0.25, 0.3) is 0 Å². The molecule has 1 spiro atoms. The van der Waals surface area contributed by atoms with Crippen molar-refractivity contribution in [3.63, 3.8) is 0 Å². The molecular weight excluding hydrogens is 480 g/mol. The second kappa shape index (κ2) is 12.0. The van der Waals surface area contributed by atoms with E-state index in [1.54, 1.807) is 12.3 Å². The number of carbonyl (C=O) groups is 3. The Morgan fingerprint density at radius 1 is 0.971 bits per heavy atom. The summed E-state index contributed by atoms with van der Waals surface area (Å²) in [6, 6.07) is 5.47. The number of carbonyl (C=O) groups excluding carboxylic acids is 1. The predicted octanol–water partition coefficient (Wildman–Crippen LogP) is 2.28. The molecule has 9 nitrogen and oxygen atoms in total. The number of rotatable bonds is 1. The highest BCUT2D eigenvalue weighted by atomic mass is 19.4. The van der Waals surface area contributed by atoms with Crippen molar-refractivity contribution in [3.05, 3.63) is 30.1 Å². The van der Waals surface area contributed by atoms with Crippen LogP contribution in [0.15, 0.2) is 24.4 Å². The van der Waals surface area contributed by atoms with Gasteiger partial charge in [-0.05, 0) is 32.0 Å². The van der Waals surface area contributed by atoms with Gasteiger partial charge in [-0.25, -0.2) is 9.59 Å². The molecule has 2 N–H and O–H groups in total. The molecular formula is C19H23F6N3O6. The van der Waals surface area contributed by atoms with Gasteiger partial charge in [0.1, 0.15) is 5.69 Å². The first kappa shape index (κ1) is 29.1. The van der Waals surface area contributed by atoms with Gasteiger partial charge in [0.05, 0.1) is 13.2 Å². The average molecular weight is 503 g/mol.